The lowest BCUT2D eigenvalue weighted by atomic mass is 10.1. The Bertz CT molecular complexity index is 962. The van der Waals surface area contributed by atoms with Crippen molar-refractivity contribution in [1.29, 1.82) is 0 Å². The van der Waals surface area contributed by atoms with E-state index in [2.05, 4.69) is 24.0 Å². The van der Waals surface area contributed by atoms with Crippen LogP contribution in [-0.2, 0) is 4.74 Å². The molecule has 1 amide bonds. The Labute approximate surface area is 151 Å². The zero-order chi connectivity index (χ0) is 18.3. The van der Waals surface area contributed by atoms with Crippen LogP contribution in [0.25, 0.3) is 10.9 Å². The summed E-state index contributed by atoms with van der Waals surface area (Å²) in [7, 11) is 0. The molecular weight excluding hydrogens is 331 g/mol. The molecule has 4 nitrogen and oxygen atoms in total. The summed E-state index contributed by atoms with van der Waals surface area (Å²) in [4.78, 5) is 18.0. The predicted octanol–water partition coefficient (Wildman–Crippen LogP) is 4.14. The van der Waals surface area contributed by atoms with Gasteiger partial charge in [-0.05, 0) is 54.8 Å². The summed E-state index contributed by atoms with van der Waals surface area (Å²) in [5.74, 6) is -0.310. The fourth-order valence-electron chi connectivity index (χ4n) is 3.60. The molecule has 0 bridgehead atoms. The molecule has 1 atom stereocenters. The highest BCUT2D eigenvalue weighted by molar-refractivity contribution is 5.99. The lowest BCUT2D eigenvalue weighted by molar-refractivity contribution is -0.0230. The van der Waals surface area contributed by atoms with Gasteiger partial charge in [-0.3, -0.25) is 4.79 Å². The number of amides is 1. The first-order chi connectivity index (χ1) is 12.5. The van der Waals surface area contributed by atoms with Gasteiger partial charge in [0.15, 0.2) is 0 Å². The highest BCUT2D eigenvalue weighted by Crippen LogP contribution is 2.26. The topological polar surface area (TPSA) is 45.3 Å². The van der Waals surface area contributed by atoms with E-state index in [1.54, 1.807) is 17.0 Å². The standard InChI is InChI=1S/C21H21FN2O2/c1-13-9-14(2)17-11-19(23-18(17)10-13)21(25)24-7-8-26-20(12-24)15-3-5-16(22)6-4-15/h3-6,9-11,20,23H,7-8,12H2,1-2H3. The minimum Gasteiger partial charge on any atom is -0.370 e. The first-order valence-electron chi connectivity index (χ1n) is 8.77. The number of aryl methyl sites for hydroxylation is 2. The number of carbonyl (C=O) groups excluding carboxylic acids is 1. The number of morpholine rings is 1. The van der Waals surface area contributed by atoms with E-state index < -0.39 is 0 Å². The SMILES string of the molecule is Cc1cc(C)c2cc(C(=O)N3CCOC(c4ccc(F)cc4)C3)[nH]c2c1. The molecule has 0 aliphatic carbocycles. The summed E-state index contributed by atoms with van der Waals surface area (Å²) < 4.78 is 18.9. The summed E-state index contributed by atoms with van der Waals surface area (Å²) in [6, 6.07) is 12.4. The van der Waals surface area contributed by atoms with Gasteiger partial charge in [-0.1, -0.05) is 18.2 Å². The van der Waals surface area contributed by atoms with Gasteiger partial charge in [-0.2, -0.15) is 0 Å². The fourth-order valence-corrected chi connectivity index (χ4v) is 3.60. The number of hydrogen-bond acceptors (Lipinski definition) is 2. The highest BCUT2D eigenvalue weighted by atomic mass is 19.1. The van der Waals surface area contributed by atoms with E-state index in [1.807, 2.05) is 13.0 Å². The smallest absolute Gasteiger partial charge is 0.270 e. The molecule has 5 heteroatoms. The minimum atomic E-state index is -0.277. The van der Waals surface area contributed by atoms with E-state index in [1.165, 1.54) is 17.7 Å². The van der Waals surface area contributed by atoms with Gasteiger partial charge in [0.2, 0.25) is 0 Å². The molecule has 1 unspecified atom stereocenters. The normalized spacial score (nSPS) is 17.7. The van der Waals surface area contributed by atoms with Crippen molar-refractivity contribution < 1.29 is 13.9 Å². The van der Waals surface area contributed by atoms with E-state index in [0.29, 0.717) is 25.4 Å². The van der Waals surface area contributed by atoms with Gasteiger partial charge in [-0.25, -0.2) is 4.39 Å². The lowest BCUT2D eigenvalue weighted by Crippen LogP contribution is -2.42. The van der Waals surface area contributed by atoms with Gasteiger partial charge in [0.05, 0.1) is 13.2 Å². The third kappa shape index (κ3) is 3.10. The van der Waals surface area contributed by atoms with Crippen LogP contribution in [0.3, 0.4) is 0 Å². The second-order valence-electron chi connectivity index (χ2n) is 6.89. The number of ether oxygens (including phenoxy) is 1. The van der Waals surface area contributed by atoms with Gasteiger partial charge in [-0.15, -0.1) is 0 Å². The first-order valence-corrected chi connectivity index (χ1v) is 8.77. The van der Waals surface area contributed by atoms with Crippen molar-refractivity contribution in [3.8, 4) is 0 Å². The van der Waals surface area contributed by atoms with Crippen LogP contribution in [0.15, 0.2) is 42.5 Å². The fraction of sp³-hybridized carbons (Fsp3) is 0.286. The van der Waals surface area contributed by atoms with Crippen LogP contribution < -0.4 is 0 Å². The number of carbonyl (C=O) groups is 1. The Hall–Kier alpha value is -2.66. The molecule has 1 aliphatic heterocycles. The van der Waals surface area contributed by atoms with Crippen LogP contribution in [0.2, 0.25) is 0 Å². The number of nitrogens with zero attached hydrogens (tertiary/aromatic N) is 1. The molecule has 1 aliphatic rings. The van der Waals surface area contributed by atoms with Crippen LogP contribution in [0.4, 0.5) is 4.39 Å². The molecule has 1 saturated heterocycles. The van der Waals surface area contributed by atoms with E-state index >= 15 is 0 Å². The molecule has 1 N–H and O–H groups in total. The van der Waals surface area contributed by atoms with Gasteiger partial charge in [0.1, 0.15) is 17.6 Å². The Morgan fingerprint density at radius 1 is 1.19 bits per heavy atom. The molecule has 4 rings (SSSR count). The van der Waals surface area contributed by atoms with Gasteiger partial charge < -0.3 is 14.6 Å². The van der Waals surface area contributed by atoms with Crippen molar-refractivity contribution in [2.45, 2.75) is 20.0 Å². The number of fused-ring (bicyclic) bond motifs is 1. The average Bonchev–Trinajstić information content (AvgIpc) is 3.06. The van der Waals surface area contributed by atoms with Crippen molar-refractivity contribution in [1.82, 2.24) is 9.88 Å². The average molecular weight is 352 g/mol. The minimum absolute atomic E-state index is 0.0336. The molecule has 3 aromatic rings. The summed E-state index contributed by atoms with van der Waals surface area (Å²) in [5, 5.41) is 1.07. The molecule has 2 heterocycles. The number of aromatic amines is 1. The third-order valence-electron chi connectivity index (χ3n) is 4.92. The molecule has 2 aromatic carbocycles. The molecule has 26 heavy (non-hydrogen) atoms. The van der Waals surface area contributed by atoms with E-state index in [0.717, 1.165) is 22.0 Å². The maximum atomic E-state index is 13.1. The number of benzene rings is 2. The summed E-state index contributed by atoms with van der Waals surface area (Å²) in [6.07, 6.45) is -0.235. The largest absolute Gasteiger partial charge is 0.370 e. The number of halogens is 1. The quantitative estimate of drug-likeness (QED) is 0.753. The third-order valence-corrected chi connectivity index (χ3v) is 4.92. The van der Waals surface area contributed by atoms with Crippen LogP contribution in [-0.4, -0.2) is 35.5 Å². The summed E-state index contributed by atoms with van der Waals surface area (Å²) in [5.41, 5.74) is 4.77. The first kappa shape index (κ1) is 16.8. The van der Waals surface area contributed by atoms with Crippen molar-refractivity contribution in [2.75, 3.05) is 19.7 Å². The number of aromatic nitrogens is 1. The second-order valence-corrected chi connectivity index (χ2v) is 6.89. The molecule has 0 radical (unpaired) electrons. The monoisotopic (exact) mass is 352 g/mol. The van der Waals surface area contributed by atoms with Crippen molar-refractivity contribution in [3.63, 3.8) is 0 Å². The summed E-state index contributed by atoms with van der Waals surface area (Å²) in [6.45, 7) is 5.56. The Balaban J connectivity index is 1.57. The Morgan fingerprint density at radius 2 is 1.96 bits per heavy atom. The molecular formula is C21H21FN2O2. The second kappa shape index (κ2) is 6.57. The van der Waals surface area contributed by atoms with E-state index in [9.17, 15) is 9.18 Å². The van der Waals surface area contributed by atoms with Crippen LogP contribution in [0.1, 0.15) is 33.3 Å². The zero-order valence-corrected chi connectivity index (χ0v) is 14.9. The number of rotatable bonds is 2. The van der Waals surface area contributed by atoms with Gasteiger partial charge in [0.25, 0.3) is 5.91 Å². The highest BCUT2D eigenvalue weighted by Gasteiger charge is 2.27. The van der Waals surface area contributed by atoms with Crippen LogP contribution in [0.5, 0.6) is 0 Å². The Morgan fingerprint density at radius 3 is 2.73 bits per heavy atom. The summed E-state index contributed by atoms with van der Waals surface area (Å²) >= 11 is 0. The molecule has 1 aromatic heterocycles. The number of nitrogens with one attached hydrogen (secondary N) is 1. The van der Waals surface area contributed by atoms with Crippen molar-refractivity contribution in [3.05, 3.63) is 70.7 Å². The number of H-pyrrole nitrogens is 1. The Kier molecular flexibility index (Phi) is 4.24. The van der Waals surface area contributed by atoms with Crippen molar-refractivity contribution >= 4 is 16.8 Å². The van der Waals surface area contributed by atoms with E-state index in [4.69, 9.17) is 4.74 Å². The molecule has 1 fully saturated rings. The van der Waals surface area contributed by atoms with Crippen LogP contribution in [0, 0.1) is 19.7 Å². The zero-order valence-electron chi connectivity index (χ0n) is 14.9. The maximum Gasteiger partial charge on any atom is 0.270 e. The van der Waals surface area contributed by atoms with E-state index in [-0.39, 0.29) is 17.8 Å². The van der Waals surface area contributed by atoms with Crippen LogP contribution >= 0.6 is 0 Å². The van der Waals surface area contributed by atoms with Gasteiger partial charge >= 0.3 is 0 Å². The van der Waals surface area contributed by atoms with Gasteiger partial charge in [0, 0.05) is 17.4 Å². The molecule has 134 valence electrons. The lowest BCUT2D eigenvalue weighted by Gasteiger charge is -2.33. The maximum absolute atomic E-state index is 13.1. The van der Waals surface area contributed by atoms with Crippen molar-refractivity contribution in [2.24, 2.45) is 0 Å². The number of hydrogen-bond donors (Lipinski definition) is 1. The molecule has 0 spiro atoms. The predicted molar refractivity (Wildman–Crippen MR) is 98.8 cm³/mol. The molecule has 0 saturated carbocycles.